The number of methoxy groups -OCH3 is 1. The molecule has 2 aromatic rings. The molecule has 8 nitrogen and oxygen atoms in total. The molecule has 28 heavy (non-hydrogen) atoms. The van der Waals surface area contributed by atoms with E-state index < -0.39 is 23.6 Å². The number of fused-ring (bicyclic) bond motifs is 1. The predicted octanol–water partition coefficient (Wildman–Crippen LogP) is 2.48. The van der Waals surface area contributed by atoms with E-state index in [0.29, 0.717) is 16.8 Å². The van der Waals surface area contributed by atoms with Crippen LogP contribution in [0.25, 0.3) is 10.9 Å². The number of aromatic amines is 1. The van der Waals surface area contributed by atoms with Crippen molar-refractivity contribution >= 4 is 22.9 Å². The van der Waals surface area contributed by atoms with Gasteiger partial charge in [-0.15, -0.1) is 0 Å². The Labute approximate surface area is 164 Å². The number of carbonyl (C=O) groups is 2. The summed E-state index contributed by atoms with van der Waals surface area (Å²) in [6.07, 6.45) is -0.836. The van der Waals surface area contributed by atoms with Gasteiger partial charge >= 0.3 is 6.09 Å². The summed E-state index contributed by atoms with van der Waals surface area (Å²) in [4.78, 5) is 38.6. The lowest BCUT2D eigenvalue weighted by Gasteiger charge is -2.22. The van der Waals surface area contributed by atoms with Crippen LogP contribution in [0.2, 0.25) is 0 Å². The number of nitrogens with one attached hydrogen (secondary N) is 2. The fourth-order valence-electron chi connectivity index (χ4n) is 2.40. The molecule has 0 aliphatic carbocycles. The van der Waals surface area contributed by atoms with Crippen LogP contribution in [0.15, 0.2) is 29.1 Å². The molecule has 0 radical (unpaired) electrons. The Morgan fingerprint density at radius 2 is 1.86 bits per heavy atom. The number of benzene rings is 1. The molecular formula is C20H29N3O5. The zero-order chi connectivity index (χ0) is 21.5. The van der Waals surface area contributed by atoms with E-state index in [2.05, 4.69) is 10.3 Å². The number of hydrogen-bond acceptors (Lipinski definition) is 5. The monoisotopic (exact) mass is 391 g/mol. The first-order valence-corrected chi connectivity index (χ1v) is 9.08. The average Bonchev–Trinajstić information content (AvgIpc) is 2.61. The van der Waals surface area contributed by atoms with Crippen molar-refractivity contribution in [3.05, 3.63) is 40.2 Å². The highest BCUT2D eigenvalue weighted by Gasteiger charge is 2.24. The van der Waals surface area contributed by atoms with E-state index in [-0.39, 0.29) is 12.0 Å². The van der Waals surface area contributed by atoms with Gasteiger partial charge in [-0.2, -0.15) is 0 Å². The quantitative estimate of drug-likeness (QED) is 0.722. The van der Waals surface area contributed by atoms with Gasteiger partial charge in [0.25, 0.3) is 5.56 Å². The smallest absolute Gasteiger partial charge is 0.408 e. The molecule has 0 spiro atoms. The Balaban J connectivity index is 0.00000190. The number of H-pyrrole nitrogens is 1. The second kappa shape index (κ2) is 9.77. The number of amides is 2. The molecule has 0 saturated carbocycles. The normalized spacial score (nSPS) is 11.8. The van der Waals surface area contributed by atoms with Crippen LogP contribution in [0.3, 0.4) is 0 Å². The van der Waals surface area contributed by atoms with Crippen molar-refractivity contribution in [1.82, 2.24) is 10.3 Å². The van der Waals surface area contributed by atoms with E-state index in [1.54, 1.807) is 52.1 Å². The molecule has 0 fully saturated rings. The second-order valence-corrected chi connectivity index (χ2v) is 6.88. The van der Waals surface area contributed by atoms with E-state index in [1.165, 1.54) is 0 Å². The van der Waals surface area contributed by atoms with Crippen LogP contribution in [0.4, 0.5) is 4.79 Å². The maximum absolute atomic E-state index is 12.3. The Hall–Kier alpha value is -3.03. The van der Waals surface area contributed by atoms with Crippen molar-refractivity contribution in [2.75, 3.05) is 7.11 Å². The van der Waals surface area contributed by atoms with E-state index in [1.807, 2.05) is 13.8 Å². The number of alkyl carbamates (subject to hydrolysis) is 1. The average molecular weight is 391 g/mol. The molecule has 0 aliphatic rings. The van der Waals surface area contributed by atoms with Crippen LogP contribution in [-0.4, -0.2) is 35.7 Å². The van der Waals surface area contributed by atoms with Gasteiger partial charge in [-0.1, -0.05) is 13.8 Å². The van der Waals surface area contributed by atoms with Crippen molar-refractivity contribution in [2.45, 2.75) is 52.7 Å². The van der Waals surface area contributed by atoms with E-state index in [9.17, 15) is 14.4 Å². The fourth-order valence-corrected chi connectivity index (χ4v) is 2.40. The molecule has 154 valence electrons. The summed E-state index contributed by atoms with van der Waals surface area (Å²) in [6, 6.07) is 5.78. The van der Waals surface area contributed by atoms with Gasteiger partial charge in [0.1, 0.15) is 17.4 Å². The molecule has 4 N–H and O–H groups in total. The summed E-state index contributed by atoms with van der Waals surface area (Å²) in [6.45, 7) is 9.11. The minimum absolute atomic E-state index is 0.0585. The number of pyridine rings is 1. The molecule has 0 bridgehead atoms. The largest absolute Gasteiger partial charge is 0.497 e. The lowest BCUT2D eigenvalue weighted by molar-refractivity contribution is -0.120. The summed E-state index contributed by atoms with van der Waals surface area (Å²) < 4.78 is 10.3. The third-order valence-electron chi connectivity index (χ3n) is 3.59. The molecule has 1 atom stereocenters. The van der Waals surface area contributed by atoms with Gasteiger partial charge in [0.15, 0.2) is 0 Å². The third kappa shape index (κ3) is 6.61. The fraction of sp³-hybridized carbons (Fsp3) is 0.450. The molecule has 1 heterocycles. The highest BCUT2D eigenvalue weighted by molar-refractivity contribution is 5.85. The molecule has 0 aliphatic heterocycles. The third-order valence-corrected chi connectivity index (χ3v) is 3.59. The molecule has 1 aromatic heterocycles. The van der Waals surface area contributed by atoms with Crippen molar-refractivity contribution in [1.29, 1.82) is 0 Å². The van der Waals surface area contributed by atoms with Crippen LogP contribution < -0.4 is 21.3 Å². The van der Waals surface area contributed by atoms with Gasteiger partial charge in [0.05, 0.1) is 7.11 Å². The molecule has 0 saturated heterocycles. The van der Waals surface area contributed by atoms with Crippen LogP contribution >= 0.6 is 0 Å². The van der Waals surface area contributed by atoms with E-state index in [0.717, 1.165) is 5.39 Å². The molecule has 1 aromatic carbocycles. The minimum Gasteiger partial charge on any atom is -0.497 e. The van der Waals surface area contributed by atoms with Crippen LogP contribution in [-0.2, 0) is 16.0 Å². The second-order valence-electron chi connectivity index (χ2n) is 6.88. The highest BCUT2D eigenvalue weighted by Crippen LogP contribution is 2.19. The van der Waals surface area contributed by atoms with Gasteiger partial charge < -0.3 is 25.5 Å². The summed E-state index contributed by atoms with van der Waals surface area (Å²) in [5.41, 5.74) is 5.23. The standard InChI is InChI=1S/C18H23N3O5.C2H6/c1-18(2,3)26-17(24)21-14(15(19)22)9-11-7-10-8-12(25-4)5-6-13(10)20-16(11)23;1-2/h5-8,14H,9H2,1-4H3,(H2,19,22)(H,20,23)(H,21,24);1-2H3. The number of rotatable bonds is 5. The zero-order valence-corrected chi connectivity index (χ0v) is 17.2. The Bertz CT molecular complexity index is 884. The summed E-state index contributed by atoms with van der Waals surface area (Å²) in [5.74, 6) is -0.130. The van der Waals surface area contributed by atoms with E-state index >= 15 is 0 Å². The van der Waals surface area contributed by atoms with Crippen LogP contribution in [0.5, 0.6) is 5.75 Å². The van der Waals surface area contributed by atoms with Gasteiger partial charge in [-0.05, 0) is 45.0 Å². The topological polar surface area (TPSA) is 124 Å². The van der Waals surface area contributed by atoms with E-state index in [4.69, 9.17) is 15.2 Å². The van der Waals surface area contributed by atoms with Gasteiger partial charge in [-0.25, -0.2) is 4.79 Å². The summed E-state index contributed by atoms with van der Waals surface area (Å²) in [7, 11) is 1.54. The van der Waals surface area contributed by atoms with Crippen molar-refractivity contribution in [3.63, 3.8) is 0 Å². The number of carbonyl (C=O) groups excluding carboxylic acids is 2. The van der Waals surface area contributed by atoms with Crippen LogP contribution in [0, 0.1) is 0 Å². The first-order chi connectivity index (χ1) is 13.1. The highest BCUT2D eigenvalue weighted by atomic mass is 16.6. The maximum Gasteiger partial charge on any atom is 0.408 e. The molecule has 2 rings (SSSR count). The first-order valence-electron chi connectivity index (χ1n) is 9.08. The summed E-state index contributed by atoms with van der Waals surface area (Å²) in [5, 5.41) is 3.14. The molecular weight excluding hydrogens is 362 g/mol. The van der Waals surface area contributed by atoms with Gasteiger partial charge in [0, 0.05) is 22.9 Å². The van der Waals surface area contributed by atoms with Crippen molar-refractivity contribution in [3.8, 4) is 5.75 Å². The first kappa shape index (κ1) is 23.0. The number of ether oxygens (including phenoxy) is 2. The number of primary amides is 1. The molecule has 8 heteroatoms. The van der Waals surface area contributed by atoms with Crippen molar-refractivity contribution < 1.29 is 19.1 Å². The van der Waals surface area contributed by atoms with Gasteiger partial charge in [0.2, 0.25) is 5.91 Å². The Morgan fingerprint density at radius 1 is 1.21 bits per heavy atom. The van der Waals surface area contributed by atoms with Crippen LogP contribution in [0.1, 0.15) is 40.2 Å². The zero-order valence-electron chi connectivity index (χ0n) is 17.2. The SMILES string of the molecule is CC.COc1ccc2[nH]c(=O)c(CC(NC(=O)OC(C)(C)C)C(N)=O)cc2c1. The minimum atomic E-state index is -1.07. The van der Waals surface area contributed by atoms with Gasteiger partial charge in [-0.3, -0.25) is 9.59 Å². The maximum atomic E-state index is 12.3. The molecule has 1 unspecified atom stereocenters. The summed E-state index contributed by atoms with van der Waals surface area (Å²) >= 11 is 0. The number of hydrogen-bond donors (Lipinski definition) is 3. The Kier molecular flexibility index (Phi) is 8.03. The van der Waals surface area contributed by atoms with Crippen molar-refractivity contribution in [2.24, 2.45) is 5.73 Å². The lowest BCUT2D eigenvalue weighted by Crippen LogP contribution is -2.48. The molecule has 2 amide bonds. The number of aromatic nitrogens is 1. The lowest BCUT2D eigenvalue weighted by atomic mass is 10.0. The number of nitrogens with two attached hydrogens (primary N) is 1. The Morgan fingerprint density at radius 3 is 2.39 bits per heavy atom. The predicted molar refractivity (Wildman–Crippen MR) is 109 cm³/mol.